The molecule has 3 aliphatic rings. The van der Waals surface area contributed by atoms with Gasteiger partial charge in [0.25, 0.3) is 0 Å². The maximum absolute atomic E-state index is 10.4. The van der Waals surface area contributed by atoms with Crippen molar-refractivity contribution in [1.82, 2.24) is 4.90 Å². The molecule has 1 aliphatic heterocycles. The van der Waals surface area contributed by atoms with E-state index in [1.54, 1.807) is 6.07 Å². The van der Waals surface area contributed by atoms with E-state index >= 15 is 0 Å². The van der Waals surface area contributed by atoms with Crippen molar-refractivity contribution in [2.75, 3.05) is 18.0 Å². The van der Waals surface area contributed by atoms with Gasteiger partial charge in [-0.2, -0.15) is 0 Å². The van der Waals surface area contributed by atoms with E-state index in [1.807, 2.05) is 0 Å². The Kier molecular flexibility index (Phi) is 7.16. The smallest absolute Gasteiger partial charge is 0.188 e. The zero-order chi connectivity index (χ0) is 26.9. The van der Waals surface area contributed by atoms with Crippen molar-refractivity contribution in [3.8, 4) is 22.6 Å². The van der Waals surface area contributed by atoms with Crippen molar-refractivity contribution in [3.05, 3.63) is 89.3 Å². The number of phenolic OH excluding ortho intramolecular Hbond substituents is 2. The fourth-order valence-electron chi connectivity index (χ4n) is 5.87. The molecular formula is C34H40N2O3. The van der Waals surface area contributed by atoms with Gasteiger partial charge >= 0.3 is 0 Å². The number of allylic oxidation sites excluding steroid dienone is 1. The minimum atomic E-state index is -0.0283. The van der Waals surface area contributed by atoms with E-state index in [2.05, 4.69) is 84.3 Å². The largest absolute Gasteiger partial charge is 0.504 e. The van der Waals surface area contributed by atoms with Crippen LogP contribution in [0.4, 0.5) is 5.69 Å². The van der Waals surface area contributed by atoms with Crippen molar-refractivity contribution in [1.29, 1.82) is 0 Å². The van der Waals surface area contributed by atoms with E-state index in [0.29, 0.717) is 12.0 Å². The normalized spacial score (nSPS) is 17.4. The fraction of sp³-hybridized carbons (Fsp3) is 0.412. The van der Waals surface area contributed by atoms with Gasteiger partial charge in [0.15, 0.2) is 17.4 Å². The predicted octanol–water partition coefficient (Wildman–Crippen LogP) is 7.54. The van der Waals surface area contributed by atoms with Crippen LogP contribution in [0.15, 0.2) is 78.2 Å². The van der Waals surface area contributed by atoms with Gasteiger partial charge in [-0.25, -0.2) is 0 Å². The van der Waals surface area contributed by atoms with E-state index in [0.717, 1.165) is 67.9 Å². The molecule has 5 nitrogen and oxygen atoms in total. The first-order chi connectivity index (χ1) is 19.0. The van der Waals surface area contributed by atoms with Crippen LogP contribution in [0, 0.1) is 0 Å². The molecule has 2 saturated carbocycles. The number of ether oxygens (including phenoxy) is 1. The summed E-state index contributed by atoms with van der Waals surface area (Å²) in [4.78, 5) is 5.03. The summed E-state index contributed by atoms with van der Waals surface area (Å²) in [5, 5.41) is 20.8. The quantitative estimate of drug-likeness (QED) is 0.224. The second kappa shape index (κ2) is 10.9. The van der Waals surface area contributed by atoms with Crippen LogP contribution in [-0.2, 0) is 11.3 Å². The molecule has 204 valence electrons. The molecule has 3 fully saturated rings. The minimum absolute atomic E-state index is 0.0283. The van der Waals surface area contributed by atoms with Crippen molar-refractivity contribution in [3.63, 3.8) is 0 Å². The van der Waals surface area contributed by atoms with Crippen LogP contribution >= 0.6 is 0 Å². The third-order valence-corrected chi connectivity index (χ3v) is 8.18. The average Bonchev–Trinajstić information content (AvgIpc) is 3.87. The van der Waals surface area contributed by atoms with Gasteiger partial charge in [0, 0.05) is 36.9 Å². The summed E-state index contributed by atoms with van der Waals surface area (Å²) >= 11 is 0. The highest BCUT2D eigenvalue weighted by atomic mass is 16.5. The second-order valence-electron chi connectivity index (χ2n) is 11.7. The molecule has 0 radical (unpaired) electrons. The van der Waals surface area contributed by atoms with Crippen molar-refractivity contribution < 1.29 is 14.9 Å². The minimum Gasteiger partial charge on any atom is -0.504 e. The Morgan fingerprint density at radius 2 is 1.64 bits per heavy atom. The molecule has 3 aromatic rings. The lowest BCUT2D eigenvalue weighted by atomic mass is 9.97. The summed E-state index contributed by atoms with van der Waals surface area (Å²) in [6, 6.07) is 23.6. The Bertz CT molecular complexity index is 1330. The van der Waals surface area contributed by atoms with Gasteiger partial charge < -0.3 is 24.7 Å². The summed E-state index contributed by atoms with van der Waals surface area (Å²) in [7, 11) is 0. The zero-order valence-electron chi connectivity index (χ0n) is 23.1. The molecule has 1 saturated heterocycles. The Labute approximate surface area is 232 Å². The number of piperidine rings is 1. The average molecular weight is 525 g/mol. The molecule has 6 rings (SSSR count). The number of rotatable bonds is 9. The topological polar surface area (TPSA) is 56.2 Å². The molecule has 2 aliphatic carbocycles. The highest BCUT2D eigenvalue weighted by molar-refractivity contribution is 5.70. The molecule has 3 aromatic carbocycles. The first-order valence-electron chi connectivity index (χ1n) is 14.6. The van der Waals surface area contributed by atoms with Crippen molar-refractivity contribution in [2.24, 2.45) is 0 Å². The van der Waals surface area contributed by atoms with Gasteiger partial charge in [0.1, 0.15) is 0 Å². The number of likely N-dealkylation sites (tertiary alicyclic amines) is 1. The maximum Gasteiger partial charge on any atom is 0.188 e. The number of para-hydroxylation sites is 1. The van der Waals surface area contributed by atoms with Crippen molar-refractivity contribution >= 4 is 5.69 Å². The summed E-state index contributed by atoms with van der Waals surface area (Å²) < 4.78 is 6.25. The highest BCUT2D eigenvalue weighted by Gasteiger charge is 2.31. The molecule has 5 heteroatoms. The number of hydrogen-bond acceptors (Lipinski definition) is 5. The van der Waals surface area contributed by atoms with Gasteiger partial charge in [0.05, 0.1) is 6.10 Å². The number of nitrogens with zero attached hydrogens (tertiary/aromatic N) is 2. The standard InChI is InChI=1S/C34H40N2O3/c1-23(2)39-34(26-13-14-26)35-17-15-30(16-18-35)36(29-9-4-3-5-10-29)22-24-7-6-8-27(19-24)28-20-31(25-11-12-25)33(38)32(37)21-28/h3-10,19-21,23,25,30,37-38H,11-18,22H2,1-2H3. The molecule has 1 heterocycles. The van der Waals surface area contributed by atoms with Crippen LogP contribution in [0.3, 0.4) is 0 Å². The van der Waals surface area contributed by atoms with Gasteiger partial charge in [-0.15, -0.1) is 0 Å². The lowest BCUT2D eigenvalue weighted by Crippen LogP contribution is -2.45. The third kappa shape index (κ3) is 5.88. The molecular weight excluding hydrogens is 484 g/mol. The molecule has 0 spiro atoms. The summed E-state index contributed by atoms with van der Waals surface area (Å²) in [6.45, 7) is 7.07. The van der Waals surface area contributed by atoms with E-state index in [4.69, 9.17) is 4.74 Å². The molecule has 0 bridgehead atoms. The van der Waals surface area contributed by atoms with Crippen LogP contribution in [0.1, 0.15) is 69.4 Å². The van der Waals surface area contributed by atoms with Gasteiger partial charge in [-0.1, -0.05) is 36.4 Å². The van der Waals surface area contributed by atoms with E-state index in [-0.39, 0.29) is 17.6 Å². The lowest BCUT2D eigenvalue weighted by molar-refractivity contribution is 0.0573. The number of benzene rings is 3. The molecule has 0 aromatic heterocycles. The Morgan fingerprint density at radius 3 is 2.31 bits per heavy atom. The van der Waals surface area contributed by atoms with E-state index < -0.39 is 0 Å². The van der Waals surface area contributed by atoms with E-state index in [1.165, 1.54) is 29.7 Å². The van der Waals surface area contributed by atoms with Crippen LogP contribution in [-0.4, -0.2) is 40.3 Å². The first-order valence-corrected chi connectivity index (χ1v) is 14.6. The molecule has 0 amide bonds. The number of phenols is 2. The maximum atomic E-state index is 10.4. The second-order valence-corrected chi connectivity index (χ2v) is 11.7. The molecule has 0 unspecified atom stereocenters. The van der Waals surface area contributed by atoms with Crippen LogP contribution in [0.25, 0.3) is 11.1 Å². The van der Waals surface area contributed by atoms with Gasteiger partial charge in [-0.3, -0.25) is 0 Å². The Hall–Kier alpha value is -3.60. The highest BCUT2D eigenvalue weighted by Crippen LogP contribution is 2.48. The Balaban J connectivity index is 1.22. The molecule has 2 N–H and O–H groups in total. The van der Waals surface area contributed by atoms with Crippen LogP contribution in [0.2, 0.25) is 0 Å². The summed E-state index contributed by atoms with van der Waals surface area (Å²) in [6.07, 6.45) is 6.87. The summed E-state index contributed by atoms with van der Waals surface area (Å²) in [5.74, 6) is 1.52. The lowest BCUT2D eigenvalue weighted by Gasteiger charge is -2.41. The zero-order valence-corrected chi connectivity index (χ0v) is 23.1. The Morgan fingerprint density at radius 1 is 0.897 bits per heavy atom. The SMILES string of the molecule is CC(C)OC(=C1CC1)N1CCC(N(Cc2cccc(-c3cc(O)c(O)c(C4CC4)c3)c2)c2ccccc2)CC1. The van der Waals surface area contributed by atoms with Crippen LogP contribution < -0.4 is 4.90 Å². The number of anilines is 1. The van der Waals surface area contributed by atoms with Gasteiger partial charge in [0.2, 0.25) is 0 Å². The predicted molar refractivity (Wildman–Crippen MR) is 157 cm³/mol. The van der Waals surface area contributed by atoms with Crippen molar-refractivity contribution in [2.45, 2.75) is 77.0 Å². The van der Waals surface area contributed by atoms with Crippen LogP contribution in [0.5, 0.6) is 11.5 Å². The number of hydrogen-bond donors (Lipinski definition) is 2. The molecule has 39 heavy (non-hydrogen) atoms. The molecule has 0 atom stereocenters. The van der Waals surface area contributed by atoms with Gasteiger partial charge in [-0.05, 0) is 111 Å². The van der Waals surface area contributed by atoms with E-state index in [9.17, 15) is 10.2 Å². The first kappa shape index (κ1) is 25.7. The number of aromatic hydroxyl groups is 2. The summed E-state index contributed by atoms with van der Waals surface area (Å²) in [5.41, 5.74) is 6.86. The third-order valence-electron chi connectivity index (χ3n) is 8.18. The monoisotopic (exact) mass is 524 g/mol. The fourth-order valence-corrected chi connectivity index (χ4v) is 5.87.